The van der Waals surface area contributed by atoms with Crippen molar-refractivity contribution in [2.24, 2.45) is 4.40 Å². The van der Waals surface area contributed by atoms with Gasteiger partial charge in [-0.1, -0.05) is 18.2 Å². The zero-order valence-electron chi connectivity index (χ0n) is 18.0. The van der Waals surface area contributed by atoms with Gasteiger partial charge < -0.3 is 4.74 Å². The maximum atomic E-state index is 13.4. The van der Waals surface area contributed by atoms with Crippen molar-refractivity contribution in [1.82, 2.24) is 0 Å². The molecule has 7 heteroatoms. The van der Waals surface area contributed by atoms with Crippen molar-refractivity contribution in [1.29, 1.82) is 0 Å². The van der Waals surface area contributed by atoms with Gasteiger partial charge in [-0.2, -0.15) is 4.40 Å². The molecular weight excluding hydrogens is 476 g/mol. The zero-order valence-corrected chi connectivity index (χ0v) is 20.5. The summed E-state index contributed by atoms with van der Waals surface area (Å²) in [6.07, 6.45) is 5.27. The van der Waals surface area contributed by atoms with Gasteiger partial charge in [0.2, 0.25) is 0 Å². The van der Waals surface area contributed by atoms with Gasteiger partial charge in [0.25, 0.3) is 0 Å². The molecule has 0 N–H and O–H groups in total. The molecule has 3 aromatic carbocycles. The highest BCUT2D eigenvalue weighted by molar-refractivity contribution is 8.17. The van der Waals surface area contributed by atoms with Gasteiger partial charge in [-0.05, 0) is 86.3 Å². The molecule has 0 unspecified atom stereocenters. The van der Waals surface area contributed by atoms with Crippen LogP contribution in [0.5, 0.6) is 0 Å². The van der Waals surface area contributed by atoms with Crippen molar-refractivity contribution in [3.05, 3.63) is 90.5 Å². The second-order valence-electron chi connectivity index (χ2n) is 7.69. The molecule has 3 aromatic rings. The van der Waals surface area contributed by atoms with Crippen LogP contribution in [-0.2, 0) is 4.74 Å². The van der Waals surface area contributed by atoms with Crippen LogP contribution >= 0.6 is 35.5 Å². The van der Waals surface area contributed by atoms with Crippen molar-refractivity contribution >= 4 is 41.4 Å². The van der Waals surface area contributed by atoms with E-state index >= 15 is 0 Å². The molecule has 0 atom stereocenters. The Morgan fingerprint density at radius 1 is 0.788 bits per heavy atom. The van der Waals surface area contributed by atoms with E-state index in [-0.39, 0.29) is 22.3 Å². The smallest absolute Gasteiger partial charge is 0.197 e. The highest BCUT2D eigenvalue weighted by atomic mass is 32.2. The van der Waals surface area contributed by atoms with Crippen LogP contribution in [0.1, 0.15) is 32.1 Å². The maximum absolute atomic E-state index is 13.4. The number of hydrogen-bond acceptors (Lipinski definition) is 5. The summed E-state index contributed by atoms with van der Waals surface area (Å²) in [5.74, 6) is 0.200. The van der Waals surface area contributed by atoms with Gasteiger partial charge in [0.1, 0.15) is 17.7 Å². The highest BCUT2D eigenvalue weighted by Gasteiger charge is 2.22. The molecule has 0 bridgehead atoms. The second-order valence-corrected chi connectivity index (χ2v) is 11.4. The van der Waals surface area contributed by atoms with Gasteiger partial charge in [-0.15, -0.1) is 23.5 Å². The largest absolute Gasteiger partial charge is 0.477 e. The highest BCUT2D eigenvalue weighted by Crippen LogP contribution is 2.39. The third-order valence-electron chi connectivity index (χ3n) is 5.10. The van der Waals surface area contributed by atoms with Gasteiger partial charge in [-0.3, -0.25) is 0 Å². The lowest BCUT2D eigenvalue weighted by molar-refractivity contribution is 0.192. The van der Waals surface area contributed by atoms with Gasteiger partial charge in [0, 0.05) is 33.1 Å². The Balaban J connectivity index is 1.53. The van der Waals surface area contributed by atoms with Crippen LogP contribution in [0.15, 0.2) is 97.9 Å². The molecule has 0 saturated heterocycles. The molecule has 0 amide bonds. The van der Waals surface area contributed by atoms with Crippen LogP contribution in [0.3, 0.4) is 0 Å². The van der Waals surface area contributed by atoms with E-state index in [2.05, 4.69) is 0 Å². The van der Waals surface area contributed by atoms with E-state index in [1.165, 1.54) is 49.1 Å². The Kier molecular flexibility index (Phi) is 9.15. The maximum Gasteiger partial charge on any atom is 0.197 e. The van der Waals surface area contributed by atoms with Gasteiger partial charge in [0.05, 0.1) is 4.58 Å². The predicted molar refractivity (Wildman–Crippen MR) is 136 cm³/mol. The SMILES string of the molecule is Fc1ccc(SC(CC(=NSc2ccccc2)OC2CCCC2)Sc2ccc(F)cc2)cc1. The second kappa shape index (κ2) is 12.5. The third-order valence-corrected chi connectivity index (χ3v) is 8.41. The predicted octanol–water partition coefficient (Wildman–Crippen LogP) is 8.63. The van der Waals surface area contributed by atoms with Crippen LogP contribution in [-0.4, -0.2) is 16.6 Å². The van der Waals surface area contributed by atoms with E-state index < -0.39 is 0 Å². The minimum absolute atomic E-state index is 0.0254. The minimum atomic E-state index is -0.256. The molecule has 0 radical (unpaired) electrons. The average molecular weight is 502 g/mol. The molecule has 2 nitrogen and oxygen atoms in total. The topological polar surface area (TPSA) is 21.6 Å². The van der Waals surface area contributed by atoms with Crippen molar-refractivity contribution < 1.29 is 13.5 Å². The lowest BCUT2D eigenvalue weighted by Gasteiger charge is -2.20. The molecule has 33 heavy (non-hydrogen) atoms. The normalized spacial score (nSPS) is 14.7. The number of halogens is 2. The van der Waals surface area contributed by atoms with Gasteiger partial charge >= 0.3 is 0 Å². The minimum Gasteiger partial charge on any atom is -0.477 e. The number of benzene rings is 3. The molecule has 1 aliphatic carbocycles. The molecule has 0 spiro atoms. The van der Waals surface area contributed by atoms with Crippen LogP contribution in [0.4, 0.5) is 8.78 Å². The fourth-order valence-electron chi connectivity index (χ4n) is 3.47. The fraction of sp³-hybridized carbons (Fsp3) is 0.269. The molecular formula is C26H25F2NOS3. The summed E-state index contributed by atoms with van der Waals surface area (Å²) in [4.78, 5) is 2.98. The Morgan fingerprint density at radius 2 is 1.33 bits per heavy atom. The molecule has 0 aliphatic heterocycles. The Hall–Kier alpha value is -1.96. The number of rotatable bonds is 9. The molecule has 1 fully saturated rings. The first kappa shape index (κ1) is 24.2. The van der Waals surface area contributed by atoms with Gasteiger partial charge in [-0.25, -0.2) is 8.78 Å². The van der Waals surface area contributed by atoms with Crippen molar-refractivity contribution in [3.8, 4) is 0 Å². The molecule has 172 valence electrons. The van der Waals surface area contributed by atoms with Crippen LogP contribution in [0, 0.1) is 11.6 Å². The van der Waals surface area contributed by atoms with Crippen molar-refractivity contribution in [2.75, 3.05) is 0 Å². The van der Waals surface area contributed by atoms with E-state index in [4.69, 9.17) is 9.13 Å². The van der Waals surface area contributed by atoms with Crippen molar-refractivity contribution in [2.45, 2.75) is 57.5 Å². The number of ether oxygens (including phenoxy) is 1. The Morgan fingerprint density at radius 3 is 1.88 bits per heavy atom. The van der Waals surface area contributed by atoms with Crippen LogP contribution in [0.25, 0.3) is 0 Å². The summed E-state index contributed by atoms with van der Waals surface area (Å²) in [5, 5.41) is 0. The first-order chi connectivity index (χ1) is 16.1. The van der Waals surface area contributed by atoms with E-state index in [9.17, 15) is 8.78 Å². The first-order valence-corrected chi connectivity index (χ1v) is 13.5. The van der Waals surface area contributed by atoms with Gasteiger partial charge in [0.15, 0.2) is 5.90 Å². The fourth-order valence-corrected chi connectivity index (χ4v) is 6.58. The van der Waals surface area contributed by atoms with Crippen LogP contribution in [0.2, 0.25) is 0 Å². The summed E-state index contributed by atoms with van der Waals surface area (Å²) in [5.41, 5.74) is 0. The van der Waals surface area contributed by atoms with E-state index in [1.54, 1.807) is 47.8 Å². The molecule has 1 aliphatic rings. The summed E-state index contributed by atoms with van der Waals surface area (Å²) in [7, 11) is 0. The number of hydrogen-bond donors (Lipinski definition) is 0. The summed E-state index contributed by atoms with van der Waals surface area (Å²) in [6.45, 7) is 0. The zero-order chi connectivity index (χ0) is 22.9. The van der Waals surface area contributed by atoms with E-state index in [1.807, 2.05) is 30.3 Å². The molecule has 0 heterocycles. The standard InChI is InChI=1S/C26H25F2NOS3/c27-19-10-14-22(15-11-19)31-26(32-23-16-12-20(28)13-17-23)18-25(30-21-6-4-5-7-21)29-33-24-8-2-1-3-9-24/h1-3,8-17,21,26H,4-7,18H2. The van der Waals surface area contributed by atoms with Crippen molar-refractivity contribution in [3.63, 3.8) is 0 Å². The number of thioether (sulfide) groups is 2. The molecule has 1 saturated carbocycles. The third kappa shape index (κ3) is 8.09. The monoisotopic (exact) mass is 501 g/mol. The summed E-state index contributed by atoms with van der Waals surface area (Å²) < 4.78 is 38.0. The number of nitrogens with zero attached hydrogens (tertiary/aromatic N) is 1. The first-order valence-electron chi connectivity index (χ1n) is 10.9. The van der Waals surface area contributed by atoms with E-state index in [0.717, 1.165) is 27.5 Å². The lowest BCUT2D eigenvalue weighted by atomic mass is 10.3. The summed E-state index contributed by atoms with van der Waals surface area (Å²) in [6, 6.07) is 23.0. The quantitative estimate of drug-likeness (QED) is 0.0961. The Bertz CT molecular complexity index is 976. The average Bonchev–Trinajstić information content (AvgIpc) is 3.34. The van der Waals surface area contributed by atoms with Crippen LogP contribution < -0.4 is 0 Å². The lowest BCUT2D eigenvalue weighted by Crippen LogP contribution is -2.18. The Labute approximate surface area is 206 Å². The molecule has 4 rings (SSSR count). The molecule has 0 aromatic heterocycles. The summed E-state index contributed by atoms with van der Waals surface area (Å²) >= 11 is 4.69. The van der Waals surface area contributed by atoms with E-state index in [0.29, 0.717) is 12.3 Å².